The molecule has 0 amide bonds. The van der Waals surface area contributed by atoms with Crippen LogP contribution in [0.3, 0.4) is 0 Å². The lowest BCUT2D eigenvalue weighted by molar-refractivity contribution is 0.0322. The molecule has 3 N–H and O–H groups in total. The van der Waals surface area contributed by atoms with E-state index in [-0.39, 0.29) is 0 Å². The van der Waals surface area contributed by atoms with Gasteiger partial charge in [-0.2, -0.15) is 0 Å². The van der Waals surface area contributed by atoms with Crippen LogP contribution in [-0.4, -0.2) is 49.3 Å². The van der Waals surface area contributed by atoms with Gasteiger partial charge < -0.3 is 20.5 Å². The molecule has 0 atom stereocenters. The van der Waals surface area contributed by atoms with Crippen molar-refractivity contribution >= 4 is 16.5 Å². The first-order valence-electron chi connectivity index (χ1n) is 8.23. The summed E-state index contributed by atoms with van der Waals surface area (Å²) >= 11 is 1.51. The van der Waals surface area contributed by atoms with Crippen LogP contribution in [0.1, 0.15) is 10.4 Å². The number of nitrogen functional groups attached to an aromatic ring is 1. The number of aromatic nitrogens is 1. The van der Waals surface area contributed by atoms with Gasteiger partial charge in [-0.15, -0.1) is 11.3 Å². The summed E-state index contributed by atoms with van der Waals surface area (Å²) in [6, 6.07) is 8.17. The maximum atomic E-state index is 5.99. The summed E-state index contributed by atoms with van der Waals surface area (Å²) in [4.78, 5) is 7.57. The first-order chi connectivity index (χ1) is 11.8. The number of nitrogens with one attached hydrogen (secondary N) is 1. The van der Waals surface area contributed by atoms with Gasteiger partial charge in [0.15, 0.2) is 5.13 Å². The third-order valence-electron chi connectivity index (χ3n) is 3.93. The Bertz CT molecular complexity index is 629. The molecule has 0 unspecified atom stereocenters. The SMILES string of the molecule is Nc1ncc(CNCc2ccccc2OCCN2CCOCC2)s1. The van der Waals surface area contributed by atoms with Crippen LogP contribution in [0.5, 0.6) is 5.75 Å². The summed E-state index contributed by atoms with van der Waals surface area (Å²) in [6.45, 7) is 6.77. The van der Waals surface area contributed by atoms with Gasteiger partial charge in [0.25, 0.3) is 0 Å². The number of thiazole rings is 1. The van der Waals surface area contributed by atoms with Crippen molar-refractivity contribution in [2.24, 2.45) is 0 Å². The van der Waals surface area contributed by atoms with Crippen molar-refractivity contribution in [2.75, 3.05) is 45.2 Å². The van der Waals surface area contributed by atoms with E-state index in [0.29, 0.717) is 11.7 Å². The molecule has 0 bridgehead atoms. The molecule has 2 heterocycles. The van der Waals surface area contributed by atoms with Crippen molar-refractivity contribution in [3.63, 3.8) is 0 Å². The number of hydrogen-bond acceptors (Lipinski definition) is 7. The number of para-hydroxylation sites is 1. The molecule has 1 fully saturated rings. The van der Waals surface area contributed by atoms with Crippen molar-refractivity contribution in [2.45, 2.75) is 13.1 Å². The highest BCUT2D eigenvalue weighted by atomic mass is 32.1. The third kappa shape index (κ3) is 5.17. The second-order valence-corrected chi connectivity index (χ2v) is 6.83. The van der Waals surface area contributed by atoms with Crippen LogP contribution in [0.15, 0.2) is 30.5 Å². The summed E-state index contributed by atoms with van der Waals surface area (Å²) in [5.41, 5.74) is 6.81. The molecule has 0 saturated carbocycles. The van der Waals surface area contributed by atoms with Crippen molar-refractivity contribution in [3.8, 4) is 5.75 Å². The Kier molecular flexibility index (Phi) is 6.42. The highest BCUT2D eigenvalue weighted by Crippen LogP contribution is 2.19. The van der Waals surface area contributed by atoms with Crippen LogP contribution in [0.25, 0.3) is 0 Å². The Morgan fingerprint density at radius 1 is 1.25 bits per heavy atom. The molecule has 130 valence electrons. The summed E-state index contributed by atoms with van der Waals surface area (Å²) in [7, 11) is 0. The quantitative estimate of drug-likeness (QED) is 0.757. The molecule has 0 aliphatic carbocycles. The molecule has 3 rings (SSSR count). The van der Waals surface area contributed by atoms with E-state index in [4.69, 9.17) is 15.2 Å². The Labute approximate surface area is 146 Å². The van der Waals surface area contributed by atoms with E-state index < -0.39 is 0 Å². The van der Waals surface area contributed by atoms with Crippen molar-refractivity contribution < 1.29 is 9.47 Å². The minimum atomic E-state index is 0.610. The average Bonchev–Trinajstić information content (AvgIpc) is 3.02. The Hall–Kier alpha value is -1.67. The van der Waals surface area contributed by atoms with E-state index in [9.17, 15) is 0 Å². The lowest BCUT2D eigenvalue weighted by atomic mass is 10.2. The van der Waals surface area contributed by atoms with Crippen molar-refractivity contribution in [1.82, 2.24) is 15.2 Å². The van der Waals surface area contributed by atoms with E-state index >= 15 is 0 Å². The monoisotopic (exact) mass is 348 g/mol. The molecule has 1 aliphatic heterocycles. The number of nitrogens with two attached hydrogens (primary N) is 1. The van der Waals surface area contributed by atoms with E-state index in [1.54, 1.807) is 0 Å². The fourth-order valence-electron chi connectivity index (χ4n) is 2.62. The van der Waals surface area contributed by atoms with Gasteiger partial charge in [0.2, 0.25) is 0 Å². The van der Waals surface area contributed by atoms with Crippen LogP contribution in [-0.2, 0) is 17.8 Å². The molecular formula is C17H24N4O2S. The maximum Gasteiger partial charge on any atom is 0.180 e. The lowest BCUT2D eigenvalue weighted by Gasteiger charge is -2.26. The molecule has 0 spiro atoms. The molecule has 1 aliphatic rings. The van der Waals surface area contributed by atoms with Crippen molar-refractivity contribution in [3.05, 3.63) is 40.9 Å². The van der Waals surface area contributed by atoms with Gasteiger partial charge in [0.1, 0.15) is 12.4 Å². The summed E-state index contributed by atoms with van der Waals surface area (Å²) in [6.07, 6.45) is 1.82. The first-order valence-corrected chi connectivity index (χ1v) is 9.04. The fourth-order valence-corrected chi connectivity index (χ4v) is 3.28. The molecule has 2 aromatic rings. The molecule has 0 radical (unpaired) electrons. The minimum absolute atomic E-state index is 0.610. The third-order valence-corrected chi connectivity index (χ3v) is 4.75. The zero-order valence-corrected chi connectivity index (χ0v) is 14.6. The van der Waals surface area contributed by atoms with Crippen LogP contribution in [0.4, 0.5) is 5.13 Å². The molecule has 1 saturated heterocycles. The predicted molar refractivity (Wildman–Crippen MR) is 96.3 cm³/mol. The zero-order chi connectivity index (χ0) is 16.6. The zero-order valence-electron chi connectivity index (χ0n) is 13.7. The number of hydrogen-bond donors (Lipinski definition) is 2. The predicted octanol–water partition coefficient (Wildman–Crippen LogP) is 1.73. The van der Waals surface area contributed by atoms with Gasteiger partial charge in [-0.05, 0) is 6.07 Å². The topological polar surface area (TPSA) is 72.6 Å². The first kappa shape index (κ1) is 17.2. The van der Waals surface area contributed by atoms with E-state index in [0.717, 1.165) is 62.1 Å². The standard InChI is InChI=1S/C17H24N4O2S/c18-17-20-13-15(24-17)12-19-11-14-3-1-2-4-16(14)23-10-7-21-5-8-22-9-6-21/h1-4,13,19H,5-12H2,(H2,18,20). The second kappa shape index (κ2) is 8.98. The number of anilines is 1. The number of benzene rings is 1. The Morgan fingerprint density at radius 3 is 2.88 bits per heavy atom. The smallest absolute Gasteiger partial charge is 0.180 e. The number of rotatable bonds is 8. The van der Waals surface area contributed by atoms with Gasteiger partial charge in [-0.1, -0.05) is 18.2 Å². The van der Waals surface area contributed by atoms with Gasteiger partial charge in [-0.3, -0.25) is 4.90 Å². The number of morpholine rings is 1. The lowest BCUT2D eigenvalue weighted by Crippen LogP contribution is -2.38. The molecule has 7 heteroatoms. The molecule has 24 heavy (non-hydrogen) atoms. The maximum absolute atomic E-state index is 5.99. The van der Waals surface area contributed by atoms with Crippen LogP contribution in [0, 0.1) is 0 Å². The summed E-state index contributed by atoms with van der Waals surface area (Å²) in [5.74, 6) is 0.946. The van der Waals surface area contributed by atoms with E-state index in [1.165, 1.54) is 11.3 Å². The van der Waals surface area contributed by atoms with Gasteiger partial charge in [0.05, 0.1) is 13.2 Å². The Morgan fingerprint density at radius 2 is 2.08 bits per heavy atom. The normalized spacial score (nSPS) is 15.5. The van der Waals surface area contributed by atoms with Gasteiger partial charge in [0, 0.05) is 49.4 Å². The molecule has 6 nitrogen and oxygen atoms in total. The molecular weight excluding hydrogens is 324 g/mol. The minimum Gasteiger partial charge on any atom is -0.492 e. The van der Waals surface area contributed by atoms with Crippen molar-refractivity contribution in [1.29, 1.82) is 0 Å². The number of nitrogens with zero attached hydrogens (tertiary/aromatic N) is 2. The van der Waals surface area contributed by atoms with Gasteiger partial charge in [-0.25, -0.2) is 4.98 Å². The van der Waals surface area contributed by atoms with E-state index in [1.807, 2.05) is 24.4 Å². The molecule has 1 aromatic carbocycles. The molecule has 1 aromatic heterocycles. The number of ether oxygens (including phenoxy) is 2. The fraction of sp³-hybridized carbons (Fsp3) is 0.471. The second-order valence-electron chi connectivity index (χ2n) is 5.68. The summed E-state index contributed by atoms with van der Waals surface area (Å²) < 4.78 is 11.4. The highest BCUT2D eigenvalue weighted by molar-refractivity contribution is 7.15. The largest absolute Gasteiger partial charge is 0.492 e. The van der Waals surface area contributed by atoms with Crippen LogP contribution < -0.4 is 15.8 Å². The summed E-state index contributed by atoms with van der Waals surface area (Å²) in [5, 5.41) is 4.03. The van der Waals surface area contributed by atoms with Crippen LogP contribution in [0.2, 0.25) is 0 Å². The highest BCUT2D eigenvalue weighted by Gasteiger charge is 2.10. The van der Waals surface area contributed by atoms with Gasteiger partial charge >= 0.3 is 0 Å². The average molecular weight is 348 g/mol. The van der Waals surface area contributed by atoms with E-state index in [2.05, 4.69) is 21.3 Å². The van der Waals surface area contributed by atoms with Crippen LogP contribution >= 0.6 is 11.3 Å². The Balaban J connectivity index is 1.45.